The maximum Gasteiger partial charge on any atom is 0.157 e. The molecule has 3 rings (SSSR count). The maximum absolute atomic E-state index is 10.3. The maximum atomic E-state index is 10.3. The molecule has 0 aliphatic carbocycles. The number of halogens is 1. The number of hydrogen-bond donors (Lipinski definition) is 5. The average Bonchev–Trinajstić information content (AvgIpc) is 2.47. The highest BCUT2D eigenvalue weighted by Crippen LogP contribution is 2.48. The summed E-state index contributed by atoms with van der Waals surface area (Å²) in [6.07, 6.45) is -1.65. The van der Waals surface area contributed by atoms with Gasteiger partial charge in [-0.3, -0.25) is 0 Å². The van der Waals surface area contributed by atoms with Crippen LogP contribution in [0, 0.1) is 0 Å². The molecule has 2 aromatic rings. The number of rotatable bonds is 1. The van der Waals surface area contributed by atoms with E-state index in [1.165, 1.54) is 24.3 Å². The number of phenolic OH excluding ortho intramolecular Hbond substituents is 4. The molecule has 0 amide bonds. The van der Waals surface area contributed by atoms with Crippen LogP contribution in [-0.2, 0) is 6.42 Å². The summed E-state index contributed by atoms with van der Waals surface area (Å²) in [7, 11) is 0. The van der Waals surface area contributed by atoms with Gasteiger partial charge in [-0.15, -0.1) is 0 Å². The van der Waals surface area contributed by atoms with Gasteiger partial charge in [-0.25, -0.2) is 0 Å². The molecule has 0 spiro atoms. The number of aliphatic hydroxyl groups excluding tert-OH is 1. The minimum Gasteiger partial charge on any atom is -0.507 e. The van der Waals surface area contributed by atoms with Gasteiger partial charge in [0, 0.05) is 18.1 Å². The summed E-state index contributed by atoms with van der Waals surface area (Å²) in [6.45, 7) is 0. The molecule has 2 atom stereocenters. The number of phenols is 4. The fourth-order valence-corrected chi connectivity index (χ4v) is 2.94. The minimum atomic E-state index is -0.959. The second kappa shape index (κ2) is 5.26. The van der Waals surface area contributed by atoms with Crippen molar-refractivity contribution < 1.29 is 30.3 Å². The first-order valence-corrected chi connectivity index (χ1v) is 7.27. The highest BCUT2D eigenvalue weighted by Gasteiger charge is 2.34. The lowest BCUT2D eigenvalue weighted by atomic mass is 9.94. The van der Waals surface area contributed by atoms with Crippen molar-refractivity contribution in [2.24, 2.45) is 0 Å². The number of fused-ring (bicyclic) bond motifs is 1. The van der Waals surface area contributed by atoms with E-state index in [0.29, 0.717) is 11.1 Å². The van der Waals surface area contributed by atoms with Crippen molar-refractivity contribution in [1.29, 1.82) is 0 Å². The number of aliphatic hydroxyl groups is 1. The summed E-state index contributed by atoms with van der Waals surface area (Å²) in [5.41, 5.74) is 0.847. The van der Waals surface area contributed by atoms with E-state index in [9.17, 15) is 25.5 Å². The summed E-state index contributed by atoms with van der Waals surface area (Å²) in [4.78, 5) is 0. The predicted molar refractivity (Wildman–Crippen MR) is 80.3 cm³/mol. The van der Waals surface area contributed by atoms with E-state index in [0.717, 1.165) is 0 Å². The molecule has 0 unspecified atom stereocenters. The number of aromatic hydroxyl groups is 4. The van der Waals surface area contributed by atoms with Crippen molar-refractivity contribution in [3.63, 3.8) is 0 Å². The van der Waals surface area contributed by atoms with Crippen molar-refractivity contribution in [1.82, 2.24) is 0 Å². The Morgan fingerprint density at radius 3 is 2.36 bits per heavy atom. The summed E-state index contributed by atoms with van der Waals surface area (Å²) >= 11 is 3.19. The molecule has 2 aromatic carbocycles. The standard InChI is InChI=1S/C15H13BrO6/c16-13-11(20)5-9(18)7-4-12(21)14(22-15(7)13)6-1-2-8(17)10(19)3-6/h1-3,5,12,14,17-21H,4H2/t12-,14-/m1/s1. The van der Waals surface area contributed by atoms with Crippen molar-refractivity contribution in [3.05, 3.63) is 39.9 Å². The summed E-state index contributed by atoms with van der Waals surface area (Å²) in [5, 5.41) is 48.8. The molecule has 1 heterocycles. The largest absolute Gasteiger partial charge is 0.507 e. The van der Waals surface area contributed by atoms with E-state index in [1.54, 1.807) is 0 Å². The molecule has 0 fully saturated rings. The Kier molecular flexibility index (Phi) is 3.54. The van der Waals surface area contributed by atoms with Gasteiger partial charge in [0.2, 0.25) is 0 Å². The normalized spacial score (nSPS) is 20.3. The average molecular weight is 369 g/mol. The van der Waals surface area contributed by atoms with E-state index < -0.39 is 12.2 Å². The Bertz CT molecular complexity index is 745. The van der Waals surface area contributed by atoms with Crippen LogP contribution in [-0.4, -0.2) is 31.6 Å². The van der Waals surface area contributed by atoms with Gasteiger partial charge in [0.15, 0.2) is 17.6 Å². The van der Waals surface area contributed by atoms with Crippen LogP contribution < -0.4 is 4.74 Å². The van der Waals surface area contributed by atoms with E-state index in [2.05, 4.69) is 15.9 Å². The van der Waals surface area contributed by atoms with Crippen LogP contribution in [0.3, 0.4) is 0 Å². The second-order valence-corrected chi connectivity index (χ2v) is 5.89. The SMILES string of the molecule is Oc1ccc([C@H]2Oc3c(Br)c(O)cc(O)c3C[C@H]2O)cc1O. The Balaban J connectivity index is 2.05. The third kappa shape index (κ3) is 2.32. The molecule has 7 heteroatoms. The monoisotopic (exact) mass is 368 g/mol. The smallest absolute Gasteiger partial charge is 0.157 e. The Hall–Kier alpha value is -2.12. The molecular formula is C15H13BrO6. The van der Waals surface area contributed by atoms with Gasteiger partial charge in [-0.1, -0.05) is 6.07 Å². The zero-order valence-corrected chi connectivity index (χ0v) is 12.8. The molecule has 0 bridgehead atoms. The first-order chi connectivity index (χ1) is 10.4. The fourth-order valence-electron chi connectivity index (χ4n) is 2.49. The minimum absolute atomic E-state index is 0.117. The van der Waals surface area contributed by atoms with Gasteiger partial charge in [0.1, 0.15) is 21.7 Å². The van der Waals surface area contributed by atoms with E-state index >= 15 is 0 Å². The lowest BCUT2D eigenvalue weighted by Crippen LogP contribution is -2.30. The summed E-state index contributed by atoms with van der Waals surface area (Å²) < 4.78 is 5.99. The Morgan fingerprint density at radius 1 is 0.955 bits per heavy atom. The van der Waals surface area contributed by atoms with Gasteiger partial charge >= 0.3 is 0 Å². The molecule has 1 aliphatic heterocycles. The molecular weight excluding hydrogens is 356 g/mol. The molecule has 116 valence electrons. The summed E-state index contributed by atoms with van der Waals surface area (Å²) in [6, 6.07) is 5.28. The van der Waals surface area contributed by atoms with Crippen molar-refractivity contribution >= 4 is 15.9 Å². The van der Waals surface area contributed by atoms with Crippen molar-refractivity contribution in [3.8, 4) is 28.7 Å². The lowest BCUT2D eigenvalue weighted by Gasteiger charge is -2.32. The number of ether oxygens (including phenoxy) is 1. The number of benzene rings is 2. The molecule has 0 saturated carbocycles. The quantitative estimate of drug-likeness (QED) is 0.494. The molecule has 0 radical (unpaired) electrons. The predicted octanol–water partition coefficient (Wildman–Crippen LogP) is 2.31. The second-order valence-electron chi connectivity index (χ2n) is 5.09. The van der Waals surface area contributed by atoms with Crippen LogP contribution in [0.2, 0.25) is 0 Å². The van der Waals surface area contributed by atoms with Crippen LogP contribution in [0.15, 0.2) is 28.7 Å². The van der Waals surface area contributed by atoms with Gasteiger partial charge < -0.3 is 30.3 Å². The highest BCUT2D eigenvalue weighted by atomic mass is 79.9. The van der Waals surface area contributed by atoms with Crippen LogP contribution in [0.4, 0.5) is 0 Å². The topological polar surface area (TPSA) is 110 Å². The molecule has 22 heavy (non-hydrogen) atoms. The molecule has 5 N–H and O–H groups in total. The zero-order valence-electron chi connectivity index (χ0n) is 11.2. The Morgan fingerprint density at radius 2 is 1.68 bits per heavy atom. The molecule has 6 nitrogen and oxygen atoms in total. The van der Waals surface area contributed by atoms with Gasteiger partial charge in [-0.2, -0.15) is 0 Å². The van der Waals surface area contributed by atoms with Gasteiger partial charge in [0.05, 0.1) is 6.10 Å². The van der Waals surface area contributed by atoms with Crippen molar-refractivity contribution in [2.45, 2.75) is 18.6 Å². The fraction of sp³-hybridized carbons (Fsp3) is 0.200. The highest BCUT2D eigenvalue weighted by molar-refractivity contribution is 9.10. The van der Waals surface area contributed by atoms with E-state index in [4.69, 9.17) is 4.74 Å². The first-order valence-electron chi connectivity index (χ1n) is 6.48. The Labute approximate surface area is 134 Å². The molecule has 0 aromatic heterocycles. The molecule has 0 saturated heterocycles. The summed E-state index contributed by atoms with van der Waals surface area (Å²) in [5.74, 6) is -0.704. The van der Waals surface area contributed by atoms with Gasteiger partial charge in [0.25, 0.3) is 0 Å². The van der Waals surface area contributed by atoms with Crippen LogP contribution in [0.5, 0.6) is 28.7 Å². The lowest BCUT2D eigenvalue weighted by molar-refractivity contribution is 0.0191. The molecule has 1 aliphatic rings. The first kappa shape index (κ1) is 14.8. The third-order valence-electron chi connectivity index (χ3n) is 3.62. The third-order valence-corrected chi connectivity index (χ3v) is 4.38. The van der Waals surface area contributed by atoms with Crippen LogP contribution in [0.25, 0.3) is 0 Å². The number of hydrogen-bond acceptors (Lipinski definition) is 6. The zero-order chi connectivity index (χ0) is 16.0. The van der Waals surface area contributed by atoms with E-state index in [-0.39, 0.29) is 39.6 Å². The van der Waals surface area contributed by atoms with Crippen LogP contribution >= 0.6 is 15.9 Å². The van der Waals surface area contributed by atoms with Gasteiger partial charge in [-0.05, 0) is 33.6 Å². The van der Waals surface area contributed by atoms with Crippen molar-refractivity contribution in [2.75, 3.05) is 0 Å². The van der Waals surface area contributed by atoms with Crippen LogP contribution in [0.1, 0.15) is 17.2 Å². The van der Waals surface area contributed by atoms with E-state index in [1.807, 2.05) is 0 Å².